The lowest BCUT2D eigenvalue weighted by atomic mass is 9.97. The predicted molar refractivity (Wildman–Crippen MR) is 149 cm³/mol. The van der Waals surface area contributed by atoms with Crippen LogP contribution in [0.3, 0.4) is 0 Å². The summed E-state index contributed by atoms with van der Waals surface area (Å²) in [6, 6.07) is 10.3. The number of anilines is 2. The molecule has 0 N–H and O–H groups in total. The van der Waals surface area contributed by atoms with E-state index in [1.807, 2.05) is 4.90 Å². The lowest BCUT2D eigenvalue weighted by molar-refractivity contribution is -0.141. The zero-order valence-electron chi connectivity index (χ0n) is 22.6. The van der Waals surface area contributed by atoms with Crippen molar-refractivity contribution in [1.29, 1.82) is 0 Å². The maximum atomic E-state index is 15.2. The van der Waals surface area contributed by atoms with Gasteiger partial charge >= 0.3 is 12.1 Å². The number of para-hydroxylation sites is 1. The number of hydrogen-bond donors (Lipinski definition) is 0. The molecular weight excluding hydrogens is 582 g/mol. The zero-order chi connectivity index (χ0) is 30.2. The summed E-state index contributed by atoms with van der Waals surface area (Å²) in [7, 11) is 1.20. The van der Waals surface area contributed by atoms with Crippen LogP contribution >= 0.6 is 11.8 Å². The Labute approximate surface area is 242 Å². The predicted octanol–water partition coefficient (Wildman–Crippen LogP) is 6.78. The van der Waals surface area contributed by atoms with E-state index in [4.69, 9.17) is 4.74 Å². The van der Waals surface area contributed by atoms with E-state index in [1.54, 1.807) is 22.1 Å². The van der Waals surface area contributed by atoms with Crippen LogP contribution in [0.5, 0.6) is 0 Å². The molecule has 2 aliphatic heterocycles. The van der Waals surface area contributed by atoms with Crippen LogP contribution in [-0.4, -0.2) is 56.4 Å². The molecule has 0 aliphatic carbocycles. The van der Waals surface area contributed by atoms with Crippen molar-refractivity contribution < 1.29 is 35.9 Å². The van der Waals surface area contributed by atoms with Crippen molar-refractivity contribution in [2.45, 2.75) is 23.5 Å². The van der Waals surface area contributed by atoms with Crippen LogP contribution in [0.1, 0.15) is 23.6 Å². The molecule has 1 saturated heterocycles. The van der Waals surface area contributed by atoms with Crippen LogP contribution in [-0.2, 0) is 15.7 Å². The lowest BCUT2D eigenvalue weighted by Gasteiger charge is -2.45. The number of aliphatic imine (C=N–C) groups is 1. The van der Waals surface area contributed by atoms with Gasteiger partial charge in [-0.3, -0.25) is 4.79 Å². The molecule has 1 unspecified atom stereocenters. The number of carbonyl (C=O) groups excluding carboxylic acids is 1. The average molecular weight is 609 g/mol. The highest BCUT2D eigenvalue weighted by Gasteiger charge is 2.40. The summed E-state index contributed by atoms with van der Waals surface area (Å²) in [5.74, 6) is -3.06. The number of thioether (sulfide) groups is 1. The second-order valence-corrected chi connectivity index (χ2v) is 10.6. The molecule has 1 atom stereocenters. The van der Waals surface area contributed by atoms with Crippen molar-refractivity contribution >= 4 is 40.8 Å². The molecule has 1 fully saturated rings. The molecule has 222 valence electrons. The van der Waals surface area contributed by atoms with Gasteiger partial charge < -0.3 is 19.4 Å². The van der Waals surface area contributed by atoms with E-state index in [0.717, 1.165) is 24.3 Å². The Morgan fingerprint density at radius 2 is 1.67 bits per heavy atom. The Kier molecular flexibility index (Phi) is 8.31. The van der Waals surface area contributed by atoms with Crippen LogP contribution < -0.4 is 9.80 Å². The van der Waals surface area contributed by atoms with Gasteiger partial charge in [-0.25, -0.2) is 18.2 Å². The Bertz CT molecular complexity index is 1520. The largest absolute Gasteiger partial charge is 0.469 e. The van der Waals surface area contributed by atoms with Crippen molar-refractivity contribution in [3.8, 4) is 0 Å². The third-order valence-electron chi connectivity index (χ3n) is 7.30. The molecule has 0 saturated carbocycles. The number of fused-ring (bicyclic) bond motifs is 1. The molecule has 3 aromatic carbocycles. The maximum absolute atomic E-state index is 15.2. The lowest BCUT2D eigenvalue weighted by Crippen LogP contribution is -2.55. The number of piperazine rings is 1. The highest BCUT2D eigenvalue weighted by atomic mass is 32.2. The Morgan fingerprint density at radius 1 is 0.952 bits per heavy atom. The summed E-state index contributed by atoms with van der Waals surface area (Å²) >= 11 is 1.22. The Balaban J connectivity index is 1.61. The van der Waals surface area contributed by atoms with Gasteiger partial charge in [0.1, 0.15) is 11.5 Å². The summed E-state index contributed by atoms with van der Waals surface area (Å²) in [4.78, 5) is 22.9. The number of rotatable bonds is 5. The second-order valence-electron chi connectivity index (χ2n) is 9.71. The van der Waals surface area contributed by atoms with Gasteiger partial charge in [0.25, 0.3) is 0 Å². The summed E-state index contributed by atoms with van der Waals surface area (Å²) in [5, 5.41) is 0. The first-order valence-electron chi connectivity index (χ1n) is 12.9. The van der Waals surface area contributed by atoms with Crippen molar-refractivity contribution in [3.05, 3.63) is 83.2 Å². The number of esters is 1. The topological polar surface area (TPSA) is 48.4 Å². The first kappa shape index (κ1) is 29.6. The average Bonchev–Trinajstić information content (AvgIpc) is 2.98. The molecule has 2 heterocycles. The fourth-order valence-corrected chi connectivity index (χ4v) is 5.76. The fraction of sp³-hybridized carbons (Fsp3) is 0.310. The van der Waals surface area contributed by atoms with Crippen LogP contribution in [0.2, 0.25) is 0 Å². The number of alkyl halides is 3. The first-order valence-corrected chi connectivity index (χ1v) is 14.2. The minimum Gasteiger partial charge on any atom is -0.469 e. The first-order chi connectivity index (χ1) is 20.0. The highest BCUT2D eigenvalue weighted by Crippen LogP contribution is 2.46. The van der Waals surface area contributed by atoms with Gasteiger partial charge in [0.15, 0.2) is 11.6 Å². The SMILES string of the molecule is COC(=O)CC1c2cccc(F)c2N=C(N2CCN(c3ccc(F)c(F)c3)CC2)N1c1cc(C(F)(F)F)ccc1SC. The van der Waals surface area contributed by atoms with Crippen molar-refractivity contribution in [3.63, 3.8) is 0 Å². The molecule has 0 spiro atoms. The van der Waals surface area contributed by atoms with Gasteiger partial charge in [0.2, 0.25) is 5.96 Å². The van der Waals surface area contributed by atoms with E-state index in [9.17, 15) is 26.7 Å². The molecule has 6 nitrogen and oxygen atoms in total. The minimum atomic E-state index is -4.64. The van der Waals surface area contributed by atoms with Crippen molar-refractivity contribution in [2.24, 2.45) is 4.99 Å². The molecule has 42 heavy (non-hydrogen) atoms. The van der Waals surface area contributed by atoms with Crippen LogP contribution in [0.4, 0.5) is 43.4 Å². The second kappa shape index (κ2) is 11.8. The van der Waals surface area contributed by atoms with Gasteiger partial charge in [0, 0.05) is 48.4 Å². The van der Waals surface area contributed by atoms with E-state index in [0.29, 0.717) is 29.2 Å². The molecule has 0 bridgehead atoms. The van der Waals surface area contributed by atoms with Gasteiger partial charge in [-0.2, -0.15) is 13.2 Å². The highest BCUT2D eigenvalue weighted by molar-refractivity contribution is 7.98. The number of guanidine groups is 1. The zero-order valence-corrected chi connectivity index (χ0v) is 23.4. The number of carbonyl (C=O) groups is 1. The normalized spacial score (nSPS) is 17.2. The van der Waals surface area contributed by atoms with Gasteiger partial charge in [0.05, 0.1) is 30.8 Å². The number of hydrogen-bond acceptors (Lipinski definition) is 7. The molecule has 0 amide bonds. The van der Waals surface area contributed by atoms with E-state index >= 15 is 4.39 Å². The summed E-state index contributed by atoms with van der Waals surface area (Å²) in [6.45, 7) is 1.22. The Morgan fingerprint density at radius 3 is 2.31 bits per heavy atom. The third-order valence-corrected chi connectivity index (χ3v) is 8.09. The van der Waals surface area contributed by atoms with Crippen LogP contribution in [0.25, 0.3) is 0 Å². The Hall–Kier alpha value is -3.87. The van der Waals surface area contributed by atoms with Gasteiger partial charge in [-0.15, -0.1) is 11.8 Å². The van der Waals surface area contributed by atoms with E-state index in [-0.39, 0.29) is 36.8 Å². The van der Waals surface area contributed by atoms with Gasteiger partial charge in [-0.05, 0) is 42.7 Å². The standard InChI is InChI=1S/C29H26F6N4O2S/c1-41-26(40)16-23-19-4-3-5-21(31)27(19)36-28(39(23)24-14-17(29(33,34)35)6-9-25(24)42-2)38-12-10-37(11-13-38)18-7-8-20(30)22(32)15-18/h3-9,14-15,23H,10-13,16H2,1-2H3. The summed E-state index contributed by atoms with van der Waals surface area (Å²) in [6.07, 6.45) is -3.21. The number of halogens is 6. The van der Waals surface area contributed by atoms with Crippen LogP contribution in [0.15, 0.2) is 64.5 Å². The monoisotopic (exact) mass is 608 g/mol. The molecular formula is C29H26F6N4O2S. The number of benzene rings is 3. The van der Waals surface area contributed by atoms with E-state index in [2.05, 4.69) is 4.99 Å². The quantitative estimate of drug-likeness (QED) is 0.181. The molecule has 13 heteroatoms. The fourth-order valence-electron chi connectivity index (χ4n) is 5.19. The van der Waals surface area contributed by atoms with E-state index < -0.39 is 41.2 Å². The molecule has 0 aromatic heterocycles. The summed E-state index contributed by atoms with van der Waals surface area (Å²) in [5.41, 5.74) is 0.0495. The molecule has 0 radical (unpaired) electrons. The molecule has 3 aromatic rings. The van der Waals surface area contributed by atoms with Crippen LogP contribution in [0, 0.1) is 17.5 Å². The minimum absolute atomic E-state index is 0.0154. The molecule has 5 rings (SSSR count). The number of methoxy groups -OCH3 is 1. The number of ether oxygens (including phenoxy) is 1. The molecule has 2 aliphatic rings. The van der Waals surface area contributed by atoms with Gasteiger partial charge in [-0.1, -0.05) is 12.1 Å². The summed E-state index contributed by atoms with van der Waals surface area (Å²) < 4.78 is 89.1. The smallest absolute Gasteiger partial charge is 0.416 e. The van der Waals surface area contributed by atoms with E-state index in [1.165, 1.54) is 43.1 Å². The maximum Gasteiger partial charge on any atom is 0.416 e. The van der Waals surface area contributed by atoms with Crippen molar-refractivity contribution in [1.82, 2.24) is 4.90 Å². The third kappa shape index (κ3) is 5.74. The number of nitrogens with zero attached hydrogens (tertiary/aromatic N) is 4. The van der Waals surface area contributed by atoms with Crippen molar-refractivity contribution in [2.75, 3.05) is 49.3 Å².